The van der Waals surface area contributed by atoms with Gasteiger partial charge in [-0.15, -0.1) is 24.8 Å². The molecule has 4 nitrogen and oxygen atoms in total. The Hall–Kier alpha value is -0.810. The summed E-state index contributed by atoms with van der Waals surface area (Å²) in [5.74, 6) is 0.105. The molecule has 2 N–H and O–H groups in total. The minimum atomic E-state index is 0. The predicted octanol–water partition coefficient (Wildman–Crippen LogP) is 2.98. The van der Waals surface area contributed by atoms with Crippen LogP contribution in [0.3, 0.4) is 0 Å². The molecular formula is C16H27Cl2N3O. The van der Waals surface area contributed by atoms with Gasteiger partial charge in [0.05, 0.1) is 0 Å². The molecule has 1 unspecified atom stereocenters. The normalized spacial score (nSPS) is 16.8. The second-order valence-corrected chi connectivity index (χ2v) is 5.94. The molecule has 0 spiro atoms. The van der Waals surface area contributed by atoms with E-state index in [9.17, 15) is 4.79 Å². The fourth-order valence-corrected chi connectivity index (χ4v) is 2.67. The molecule has 1 heterocycles. The fraction of sp³-hybridized carbons (Fsp3) is 0.562. The first-order valence-electron chi connectivity index (χ1n) is 7.32. The van der Waals surface area contributed by atoms with Gasteiger partial charge in [-0.25, -0.2) is 0 Å². The van der Waals surface area contributed by atoms with E-state index in [1.807, 2.05) is 26.2 Å². The molecule has 0 radical (unpaired) electrons. The minimum Gasteiger partial charge on any atom is -0.326 e. The van der Waals surface area contributed by atoms with E-state index in [0.29, 0.717) is 12.5 Å². The molecule has 1 aromatic carbocycles. The number of hydrogen-bond donors (Lipinski definition) is 2. The van der Waals surface area contributed by atoms with Gasteiger partial charge in [-0.1, -0.05) is 17.7 Å². The quantitative estimate of drug-likeness (QED) is 0.860. The van der Waals surface area contributed by atoms with E-state index in [1.54, 1.807) is 0 Å². The Morgan fingerprint density at radius 1 is 1.36 bits per heavy atom. The van der Waals surface area contributed by atoms with Crippen LogP contribution in [0.4, 0.5) is 5.69 Å². The summed E-state index contributed by atoms with van der Waals surface area (Å²) in [5.41, 5.74) is 3.33. The Bertz CT molecular complexity index is 474. The first kappa shape index (κ1) is 21.2. The van der Waals surface area contributed by atoms with Crippen LogP contribution in [0.15, 0.2) is 18.2 Å². The molecule has 126 valence electrons. The second-order valence-electron chi connectivity index (χ2n) is 5.94. The average molecular weight is 348 g/mol. The van der Waals surface area contributed by atoms with E-state index in [1.165, 1.54) is 17.5 Å². The summed E-state index contributed by atoms with van der Waals surface area (Å²) >= 11 is 0. The number of aryl methyl sites for hydroxylation is 1. The van der Waals surface area contributed by atoms with Crippen molar-refractivity contribution in [1.82, 2.24) is 10.2 Å². The van der Waals surface area contributed by atoms with Gasteiger partial charge in [0.15, 0.2) is 0 Å². The van der Waals surface area contributed by atoms with Gasteiger partial charge in [0, 0.05) is 24.7 Å². The zero-order chi connectivity index (χ0) is 14.5. The highest BCUT2D eigenvalue weighted by Crippen LogP contribution is 2.19. The van der Waals surface area contributed by atoms with Gasteiger partial charge in [-0.3, -0.25) is 4.79 Å². The van der Waals surface area contributed by atoms with Crippen molar-refractivity contribution in [3.63, 3.8) is 0 Å². The van der Waals surface area contributed by atoms with Crippen molar-refractivity contribution in [1.29, 1.82) is 0 Å². The third-order valence-electron chi connectivity index (χ3n) is 3.62. The first-order chi connectivity index (χ1) is 9.54. The van der Waals surface area contributed by atoms with Crippen LogP contribution in [0.2, 0.25) is 0 Å². The number of carbonyl (C=O) groups excluding carboxylic acids is 1. The summed E-state index contributed by atoms with van der Waals surface area (Å²) < 4.78 is 0. The monoisotopic (exact) mass is 347 g/mol. The van der Waals surface area contributed by atoms with Gasteiger partial charge in [0.1, 0.15) is 0 Å². The Morgan fingerprint density at radius 2 is 2.09 bits per heavy atom. The molecule has 1 aliphatic rings. The molecule has 6 heteroatoms. The van der Waals surface area contributed by atoms with Gasteiger partial charge in [-0.2, -0.15) is 0 Å². The summed E-state index contributed by atoms with van der Waals surface area (Å²) in [6.07, 6.45) is 2.84. The summed E-state index contributed by atoms with van der Waals surface area (Å²) in [5, 5.41) is 6.42. The number of nitrogens with zero attached hydrogens (tertiary/aromatic N) is 1. The number of halogens is 2. The predicted molar refractivity (Wildman–Crippen MR) is 97.3 cm³/mol. The van der Waals surface area contributed by atoms with Crippen LogP contribution in [-0.2, 0) is 11.3 Å². The van der Waals surface area contributed by atoms with Crippen LogP contribution in [0, 0.1) is 6.92 Å². The van der Waals surface area contributed by atoms with Crippen molar-refractivity contribution in [2.45, 2.75) is 38.8 Å². The highest BCUT2D eigenvalue weighted by molar-refractivity contribution is 5.92. The van der Waals surface area contributed by atoms with Crippen molar-refractivity contribution in [3.8, 4) is 0 Å². The molecule has 1 saturated heterocycles. The summed E-state index contributed by atoms with van der Waals surface area (Å²) in [7, 11) is 4.08. The molecule has 1 atom stereocenters. The number of rotatable bonds is 5. The minimum absolute atomic E-state index is 0. The molecule has 22 heavy (non-hydrogen) atoms. The van der Waals surface area contributed by atoms with Crippen molar-refractivity contribution >= 4 is 36.4 Å². The lowest BCUT2D eigenvalue weighted by atomic mass is 10.1. The highest BCUT2D eigenvalue weighted by Gasteiger charge is 2.18. The molecule has 1 fully saturated rings. The number of benzene rings is 1. The van der Waals surface area contributed by atoms with Crippen LogP contribution in [0.5, 0.6) is 0 Å². The number of nitrogens with one attached hydrogen (secondary N) is 2. The maximum atomic E-state index is 12.1. The highest BCUT2D eigenvalue weighted by atomic mass is 35.5. The third-order valence-corrected chi connectivity index (χ3v) is 3.62. The number of amides is 1. The lowest BCUT2D eigenvalue weighted by Gasteiger charge is -2.17. The van der Waals surface area contributed by atoms with Crippen molar-refractivity contribution in [2.75, 3.05) is 26.0 Å². The molecule has 0 aromatic heterocycles. The summed E-state index contributed by atoms with van der Waals surface area (Å²) in [6, 6.07) is 6.54. The maximum Gasteiger partial charge on any atom is 0.225 e. The Morgan fingerprint density at radius 3 is 2.68 bits per heavy atom. The summed E-state index contributed by atoms with van der Waals surface area (Å²) in [4.78, 5) is 14.2. The van der Waals surface area contributed by atoms with Gasteiger partial charge in [0.2, 0.25) is 5.91 Å². The Balaban J connectivity index is 0.00000220. The number of anilines is 1. The fourth-order valence-electron chi connectivity index (χ4n) is 2.67. The second kappa shape index (κ2) is 10.1. The number of hydrogen-bond acceptors (Lipinski definition) is 3. The number of carbonyl (C=O) groups is 1. The molecule has 2 rings (SSSR count). The molecular weight excluding hydrogens is 321 g/mol. The average Bonchev–Trinajstić information content (AvgIpc) is 2.84. The van der Waals surface area contributed by atoms with E-state index in [4.69, 9.17) is 0 Å². The molecule has 0 bridgehead atoms. The molecule has 0 aliphatic carbocycles. The molecule has 1 aromatic rings. The Kier molecular flexibility index (Phi) is 9.69. The van der Waals surface area contributed by atoms with Crippen LogP contribution in [-0.4, -0.2) is 37.5 Å². The zero-order valence-electron chi connectivity index (χ0n) is 13.5. The smallest absolute Gasteiger partial charge is 0.225 e. The standard InChI is InChI=1S/C16H25N3O.2ClH/c1-12-6-7-15(13(9-12)11-19(2)3)18-16(20)10-14-5-4-8-17-14;;/h6-7,9,14,17H,4-5,8,10-11H2,1-3H3,(H,18,20);2*1H. The van der Waals surface area contributed by atoms with E-state index in [2.05, 4.69) is 28.5 Å². The Labute approximate surface area is 145 Å². The molecule has 0 saturated carbocycles. The lowest BCUT2D eigenvalue weighted by Crippen LogP contribution is -2.28. The third kappa shape index (κ3) is 6.53. The van der Waals surface area contributed by atoms with Gasteiger partial charge in [-0.05, 0) is 52.0 Å². The van der Waals surface area contributed by atoms with E-state index in [0.717, 1.165) is 25.2 Å². The van der Waals surface area contributed by atoms with Crippen molar-refractivity contribution in [2.24, 2.45) is 0 Å². The molecule has 1 aliphatic heterocycles. The van der Waals surface area contributed by atoms with Crippen LogP contribution < -0.4 is 10.6 Å². The van der Waals surface area contributed by atoms with Gasteiger partial charge < -0.3 is 15.5 Å². The zero-order valence-corrected chi connectivity index (χ0v) is 15.1. The van der Waals surface area contributed by atoms with Crippen LogP contribution >= 0.6 is 24.8 Å². The van der Waals surface area contributed by atoms with Gasteiger partial charge >= 0.3 is 0 Å². The van der Waals surface area contributed by atoms with Crippen molar-refractivity contribution in [3.05, 3.63) is 29.3 Å². The van der Waals surface area contributed by atoms with Crippen LogP contribution in [0.25, 0.3) is 0 Å². The largest absolute Gasteiger partial charge is 0.326 e. The molecule has 1 amide bonds. The van der Waals surface area contributed by atoms with E-state index < -0.39 is 0 Å². The van der Waals surface area contributed by atoms with Gasteiger partial charge in [0.25, 0.3) is 0 Å². The summed E-state index contributed by atoms with van der Waals surface area (Å²) in [6.45, 7) is 3.94. The van der Waals surface area contributed by atoms with E-state index >= 15 is 0 Å². The van der Waals surface area contributed by atoms with Crippen molar-refractivity contribution < 1.29 is 4.79 Å². The SMILES string of the molecule is Cc1ccc(NC(=O)CC2CCCN2)c(CN(C)C)c1.Cl.Cl. The first-order valence-corrected chi connectivity index (χ1v) is 7.32. The maximum absolute atomic E-state index is 12.1. The van der Waals surface area contributed by atoms with Crippen LogP contribution in [0.1, 0.15) is 30.4 Å². The topological polar surface area (TPSA) is 44.4 Å². The van der Waals surface area contributed by atoms with E-state index in [-0.39, 0.29) is 30.7 Å². The lowest BCUT2D eigenvalue weighted by molar-refractivity contribution is -0.116.